The minimum Gasteiger partial charge on any atom is -0.379 e. The highest BCUT2D eigenvalue weighted by atomic mass is 16.5. The van der Waals surface area contributed by atoms with Crippen LogP contribution in [-0.2, 0) is 11.2 Å². The monoisotopic (exact) mass is 338 g/mol. The minimum atomic E-state index is -0.0610. The van der Waals surface area contributed by atoms with Crippen LogP contribution in [0.15, 0.2) is 43.2 Å². The number of imidazole rings is 1. The van der Waals surface area contributed by atoms with E-state index < -0.39 is 0 Å². The van der Waals surface area contributed by atoms with Gasteiger partial charge in [0, 0.05) is 43.8 Å². The number of hydrogen-bond donors (Lipinski definition) is 0. The van der Waals surface area contributed by atoms with Crippen LogP contribution in [0.3, 0.4) is 0 Å². The molecule has 0 unspecified atom stereocenters. The second-order valence-corrected chi connectivity index (χ2v) is 6.08. The summed E-state index contributed by atoms with van der Waals surface area (Å²) in [6.07, 6.45) is 8.80. The molecule has 1 aliphatic heterocycles. The maximum Gasteiger partial charge on any atom is 0.257 e. The molecule has 4 heterocycles. The van der Waals surface area contributed by atoms with E-state index in [1.807, 2.05) is 23.2 Å². The number of ether oxygens (including phenoxy) is 1. The maximum atomic E-state index is 12.7. The Morgan fingerprint density at radius 3 is 3.04 bits per heavy atom. The van der Waals surface area contributed by atoms with E-state index in [2.05, 4.69) is 20.1 Å². The van der Waals surface area contributed by atoms with E-state index in [1.165, 1.54) is 6.33 Å². The van der Waals surface area contributed by atoms with E-state index in [-0.39, 0.29) is 11.8 Å². The van der Waals surface area contributed by atoms with E-state index in [0.29, 0.717) is 31.9 Å². The van der Waals surface area contributed by atoms with Crippen LogP contribution in [0, 0.1) is 5.92 Å². The van der Waals surface area contributed by atoms with Crippen LogP contribution < -0.4 is 0 Å². The van der Waals surface area contributed by atoms with Gasteiger partial charge in [-0.15, -0.1) is 0 Å². The van der Waals surface area contributed by atoms with Crippen molar-refractivity contribution in [3.63, 3.8) is 0 Å². The molecule has 3 aromatic rings. The van der Waals surface area contributed by atoms with Gasteiger partial charge in [0.1, 0.15) is 6.33 Å². The van der Waals surface area contributed by atoms with Crippen molar-refractivity contribution in [3.05, 3.63) is 54.5 Å². The summed E-state index contributed by atoms with van der Waals surface area (Å²) in [6, 6.07) is 3.93. The van der Waals surface area contributed by atoms with Crippen LogP contribution >= 0.6 is 0 Å². The number of nitrogens with zero attached hydrogens (tertiary/aromatic N) is 6. The second kappa shape index (κ2) is 6.94. The Morgan fingerprint density at radius 2 is 2.16 bits per heavy atom. The number of carbonyl (C=O) groups is 1. The Hall–Kier alpha value is -2.87. The molecule has 0 saturated carbocycles. The third-order valence-corrected chi connectivity index (χ3v) is 4.24. The summed E-state index contributed by atoms with van der Waals surface area (Å²) in [7, 11) is 0. The Bertz CT molecular complexity index is 866. The molecule has 1 atom stereocenters. The van der Waals surface area contributed by atoms with Crippen LogP contribution in [-0.4, -0.2) is 61.7 Å². The summed E-state index contributed by atoms with van der Waals surface area (Å²) in [5.41, 5.74) is 2.28. The van der Waals surface area contributed by atoms with Crippen molar-refractivity contribution in [2.45, 2.75) is 6.42 Å². The number of fused-ring (bicyclic) bond motifs is 1. The van der Waals surface area contributed by atoms with Gasteiger partial charge in [0.15, 0.2) is 5.65 Å². The Labute approximate surface area is 144 Å². The molecule has 0 N–H and O–H groups in total. The molecule has 3 aromatic heterocycles. The van der Waals surface area contributed by atoms with Crippen molar-refractivity contribution < 1.29 is 9.53 Å². The van der Waals surface area contributed by atoms with Crippen molar-refractivity contribution in [1.29, 1.82) is 0 Å². The van der Waals surface area contributed by atoms with Gasteiger partial charge in [0.2, 0.25) is 0 Å². The lowest BCUT2D eigenvalue weighted by Gasteiger charge is -2.23. The van der Waals surface area contributed by atoms with Gasteiger partial charge in [-0.3, -0.25) is 4.79 Å². The fourth-order valence-electron chi connectivity index (χ4n) is 3.04. The summed E-state index contributed by atoms with van der Waals surface area (Å²) in [4.78, 5) is 26.5. The van der Waals surface area contributed by atoms with Gasteiger partial charge < -0.3 is 9.64 Å². The first-order valence-electron chi connectivity index (χ1n) is 8.21. The summed E-state index contributed by atoms with van der Waals surface area (Å²) < 4.78 is 7.46. The summed E-state index contributed by atoms with van der Waals surface area (Å²) in [5, 5.41) is 4.56. The molecule has 1 amide bonds. The molecule has 1 fully saturated rings. The van der Waals surface area contributed by atoms with Crippen LogP contribution in [0.4, 0.5) is 0 Å². The molecule has 1 saturated heterocycles. The van der Waals surface area contributed by atoms with Crippen molar-refractivity contribution in [2.24, 2.45) is 5.92 Å². The third kappa shape index (κ3) is 3.48. The van der Waals surface area contributed by atoms with Crippen molar-refractivity contribution >= 4 is 11.6 Å². The average Bonchev–Trinajstić information content (AvgIpc) is 2.99. The number of hydrogen-bond acceptors (Lipinski definition) is 6. The summed E-state index contributed by atoms with van der Waals surface area (Å²) in [5.74, 6) is 0.124. The highest BCUT2D eigenvalue weighted by Crippen LogP contribution is 2.15. The number of rotatable bonds is 3. The predicted octanol–water partition coefficient (Wildman–Crippen LogP) is 0.851. The van der Waals surface area contributed by atoms with E-state index in [4.69, 9.17) is 4.74 Å². The highest BCUT2D eigenvalue weighted by Gasteiger charge is 2.24. The van der Waals surface area contributed by atoms with Crippen molar-refractivity contribution in [3.8, 4) is 0 Å². The van der Waals surface area contributed by atoms with Crippen LogP contribution in [0.2, 0.25) is 0 Å². The predicted molar refractivity (Wildman–Crippen MR) is 88.9 cm³/mol. The lowest BCUT2D eigenvalue weighted by molar-refractivity contribution is 0.0736. The normalized spacial score (nSPS) is 18.2. The molecule has 0 bridgehead atoms. The third-order valence-electron chi connectivity index (χ3n) is 4.24. The molecule has 25 heavy (non-hydrogen) atoms. The summed E-state index contributed by atoms with van der Waals surface area (Å²) in [6.45, 7) is 2.33. The molecule has 8 nitrogen and oxygen atoms in total. The lowest BCUT2D eigenvalue weighted by Crippen LogP contribution is -2.36. The second-order valence-electron chi connectivity index (χ2n) is 6.08. The Morgan fingerprint density at radius 1 is 1.28 bits per heavy atom. The largest absolute Gasteiger partial charge is 0.379 e. The maximum absolute atomic E-state index is 12.7. The van der Waals surface area contributed by atoms with Gasteiger partial charge in [-0.05, 0) is 18.6 Å². The molecule has 128 valence electrons. The average molecular weight is 338 g/mol. The van der Waals surface area contributed by atoms with E-state index in [0.717, 1.165) is 17.8 Å². The molecule has 4 rings (SSSR count). The molecule has 0 radical (unpaired) electrons. The smallest absolute Gasteiger partial charge is 0.257 e. The first kappa shape index (κ1) is 15.6. The molecule has 0 spiro atoms. The number of carbonyl (C=O) groups excluding carboxylic acids is 1. The van der Waals surface area contributed by atoms with Gasteiger partial charge in [0.25, 0.3) is 5.91 Å². The van der Waals surface area contributed by atoms with E-state index in [1.54, 1.807) is 23.1 Å². The van der Waals surface area contributed by atoms with Crippen LogP contribution in [0.5, 0.6) is 0 Å². The van der Waals surface area contributed by atoms with Crippen molar-refractivity contribution in [2.75, 3.05) is 26.3 Å². The zero-order chi connectivity index (χ0) is 17.1. The van der Waals surface area contributed by atoms with Gasteiger partial charge in [-0.25, -0.2) is 19.5 Å². The van der Waals surface area contributed by atoms with Gasteiger partial charge in [-0.1, -0.05) is 0 Å². The molecule has 0 aliphatic carbocycles. The van der Waals surface area contributed by atoms with E-state index in [9.17, 15) is 4.79 Å². The zero-order valence-corrected chi connectivity index (χ0v) is 13.7. The minimum absolute atomic E-state index is 0.0610. The van der Waals surface area contributed by atoms with E-state index >= 15 is 0 Å². The Kier molecular flexibility index (Phi) is 4.34. The Balaban J connectivity index is 1.48. The lowest BCUT2D eigenvalue weighted by atomic mass is 10.0. The standard InChI is InChI=1S/C17H18N6O2/c24-17(14-8-18-12-19-9-14)22-5-6-25-11-13(10-22)7-15-1-2-16-20-3-4-23(16)21-15/h1-4,8-9,12-13H,5-7,10-11H2/t13-/m1/s1. The molecular formula is C17H18N6O2. The topological polar surface area (TPSA) is 85.5 Å². The zero-order valence-electron chi connectivity index (χ0n) is 13.7. The number of aromatic nitrogens is 5. The highest BCUT2D eigenvalue weighted by molar-refractivity contribution is 5.93. The first-order valence-corrected chi connectivity index (χ1v) is 8.21. The first-order chi connectivity index (χ1) is 12.3. The van der Waals surface area contributed by atoms with Gasteiger partial charge in [0.05, 0.1) is 24.5 Å². The SMILES string of the molecule is O=C(c1cncnc1)N1CCOC[C@H](Cc2ccc3nccn3n2)C1. The molecule has 0 aromatic carbocycles. The van der Waals surface area contributed by atoms with Crippen LogP contribution in [0.25, 0.3) is 5.65 Å². The van der Waals surface area contributed by atoms with Crippen LogP contribution in [0.1, 0.15) is 16.1 Å². The van der Waals surface area contributed by atoms with Gasteiger partial charge >= 0.3 is 0 Å². The quantitative estimate of drug-likeness (QED) is 0.704. The summed E-state index contributed by atoms with van der Waals surface area (Å²) >= 11 is 0. The molecule has 8 heteroatoms. The van der Waals surface area contributed by atoms with Gasteiger partial charge in [-0.2, -0.15) is 5.10 Å². The molecular weight excluding hydrogens is 320 g/mol. The van der Waals surface area contributed by atoms with Crippen molar-refractivity contribution in [1.82, 2.24) is 29.5 Å². The fourth-order valence-corrected chi connectivity index (χ4v) is 3.04. The number of amides is 1. The fraction of sp³-hybridized carbons (Fsp3) is 0.353. The molecule has 1 aliphatic rings.